The number of anilines is 1. The maximum absolute atomic E-state index is 14.2. The third-order valence-electron chi connectivity index (χ3n) is 5.17. The summed E-state index contributed by atoms with van der Waals surface area (Å²) in [6.07, 6.45) is 1.26. The summed E-state index contributed by atoms with van der Waals surface area (Å²) in [6.45, 7) is 4.46. The van der Waals surface area contributed by atoms with Crippen LogP contribution < -0.4 is 4.90 Å². The van der Waals surface area contributed by atoms with Crippen molar-refractivity contribution in [1.82, 2.24) is 4.90 Å². The molecule has 1 aliphatic heterocycles. The number of hydrogen-bond donors (Lipinski definition) is 0. The minimum atomic E-state index is -3.49. The molecule has 2 aliphatic rings. The maximum atomic E-state index is 14.2. The van der Waals surface area contributed by atoms with Crippen LogP contribution in [-0.4, -0.2) is 55.4 Å². The Balaban J connectivity index is 1.69. The molecule has 1 saturated carbocycles. The van der Waals surface area contributed by atoms with Crippen molar-refractivity contribution in [3.63, 3.8) is 0 Å². The Morgan fingerprint density at radius 1 is 1.23 bits per heavy atom. The van der Waals surface area contributed by atoms with Gasteiger partial charge in [-0.25, -0.2) is 12.8 Å². The standard InChI is InChI=1S/C18H22FN3O3S/c1-18(2,26(24,25)14-4-5-14)17(23)22-9-7-21(8-10-22)16-6-3-13(12-20)11-15(16)19/h3,6,11,14H,4-5,7-10H2,1-2H3. The van der Waals surface area contributed by atoms with Crippen LogP contribution in [-0.2, 0) is 14.6 Å². The highest BCUT2D eigenvalue weighted by Gasteiger charge is 2.51. The van der Waals surface area contributed by atoms with Gasteiger partial charge >= 0.3 is 0 Å². The first-order chi connectivity index (χ1) is 12.2. The molecular weight excluding hydrogens is 357 g/mol. The molecule has 8 heteroatoms. The summed E-state index contributed by atoms with van der Waals surface area (Å²) in [4.78, 5) is 16.2. The molecule has 1 amide bonds. The van der Waals surface area contributed by atoms with Gasteiger partial charge in [0.1, 0.15) is 10.6 Å². The van der Waals surface area contributed by atoms with Gasteiger partial charge in [0.05, 0.1) is 22.6 Å². The molecule has 6 nitrogen and oxygen atoms in total. The molecule has 0 radical (unpaired) electrons. The third-order valence-corrected chi connectivity index (χ3v) is 8.12. The van der Waals surface area contributed by atoms with Crippen LogP contribution in [0.2, 0.25) is 0 Å². The number of hydrogen-bond acceptors (Lipinski definition) is 5. The maximum Gasteiger partial charge on any atom is 0.243 e. The lowest BCUT2D eigenvalue weighted by molar-refractivity contribution is -0.133. The van der Waals surface area contributed by atoms with Crippen LogP contribution in [0.4, 0.5) is 10.1 Å². The van der Waals surface area contributed by atoms with Gasteiger partial charge in [-0.1, -0.05) is 0 Å². The minimum Gasteiger partial charge on any atom is -0.366 e. The van der Waals surface area contributed by atoms with E-state index in [0.29, 0.717) is 44.7 Å². The van der Waals surface area contributed by atoms with E-state index in [2.05, 4.69) is 0 Å². The fraction of sp³-hybridized carbons (Fsp3) is 0.556. The first-order valence-corrected chi connectivity index (χ1v) is 10.2. The summed E-state index contributed by atoms with van der Waals surface area (Å²) >= 11 is 0. The fourth-order valence-electron chi connectivity index (χ4n) is 3.28. The smallest absolute Gasteiger partial charge is 0.243 e. The molecule has 2 fully saturated rings. The number of nitrogens with zero attached hydrogens (tertiary/aromatic N) is 3. The molecule has 1 aromatic rings. The van der Waals surface area contributed by atoms with Crippen molar-refractivity contribution in [2.24, 2.45) is 0 Å². The Labute approximate surface area is 153 Å². The number of halogens is 1. The topological polar surface area (TPSA) is 81.5 Å². The summed E-state index contributed by atoms with van der Waals surface area (Å²) in [5.41, 5.74) is 0.646. The Morgan fingerprint density at radius 3 is 2.35 bits per heavy atom. The van der Waals surface area contributed by atoms with Gasteiger partial charge < -0.3 is 9.80 Å². The van der Waals surface area contributed by atoms with Gasteiger partial charge in [-0.3, -0.25) is 4.79 Å². The fourth-order valence-corrected chi connectivity index (χ4v) is 5.24. The molecule has 1 saturated heterocycles. The van der Waals surface area contributed by atoms with Crippen molar-refractivity contribution in [2.75, 3.05) is 31.1 Å². The second-order valence-corrected chi connectivity index (χ2v) is 10.1. The molecule has 0 aromatic heterocycles. The average molecular weight is 379 g/mol. The van der Waals surface area contributed by atoms with E-state index in [9.17, 15) is 17.6 Å². The van der Waals surface area contributed by atoms with Crippen LogP contribution in [0.3, 0.4) is 0 Å². The number of rotatable bonds is 4. The number of piperazine rings is 1. The van der Waals surface area contributed by atoms with E-state index in [4.69, 9.17) is 5.26 Å². The van der Waals surface area contributed by atoms with E-state index < -0.39 is 25.7 Å². The molecule has 0 spiro atoms. The Bertz CT molecular complexity index is 864. The molecule has 0 atom stereocenters. The predicted molar refractivity (Wildman–Crippen MR) is 95.9 cm³/mol. The van der Waals surface area contributed by atoms with Crippen molar-refractivity contribution < 1.29 is 17.6 Å². The van der Waals surface area contributed by atoms with Crippen molar-refractivity contribution in [3.8, 4) is 6.07 Å². The molecule has 0 N–H and O–H groups in total. The number of carbonyl (C=O) groups excluding carboxylic acids is 1. The minimum absolute atomic E-state index is 0.257. The molecule has 3 rings (SSSR count). The van der Waals surface area contributed by atoms with Crippen LogP contribution in [0.1, 0.15) is 32.3 Å². The van der Waals surface area contributed by atoms with E-state index in [-0.39, 0.29) is 11.5 Å². The second kappa shape index (κ2) is 6.54. The number of amides is 1. The molecule has 0 unspecified atom stereocenters. The summed E-state index contributed by atoms with van der Waals surface area (Å²) in [5, 5.41) is 8.43. The highest BCUT2D eigenvalue weighted by atomic mass is 32.2. The van der Waals surface area contributed by atoms with E-state index in [1.54, 1.807) is 17.0 Å². The van der Waals surface area contributed by atoms with Gasteiger partial charge in [-0.05, 0) is 44.9 Å². The second-order valence-electron chi connectivity index (χ2n) is 7.31. The molecule has 1 heterocycles. The van der Waals surface area contributed by atoms with Gasteiger partial charge in [-0.15, -0.1) is 0 Å². The van der Waals surface area contributed by atoms with Crippen molar-refractivity contribution >= 4 is 21.4 Å². The summed E-state index contributed by atoms with van der Waals surface area (Å²) < 4.78 is 37.8. The van der Waals surface area contributed by atoms with Crippen LogP contribution in [0.25, 0.3) is 0 Å². The SMILES string of the molecule is CC(C)(C(=O)N1CCN(c2ccc(C#N)cc2F)CC1)S(=O)(=O)C1CC1. The Kier molecular flexibility index (Phi) is 4.69. The number of sulfone groups is 1. The van der Waals surface area contributed by atoms with E-state index in [1.165, 1.54) is 19.9 Å². The zero-order chi connectivity index (χ0) is 19.1. The van der Waals surface area contributed by atoms with Crippen molar-refractivity contribution in [2.45, 2.75) is 36.7 Å². The zero-order valence-electron chi connectivity index (χ0n) is 14.9. The lowest BCUT2D eigenvalue weighted by Crippen LogP contribution is -2.57. The van der Waals surface area contributed by atoms with E-state index >= 15 is 0 Å². The lowest BCUT2D eigenvalue weighted by atomic mass is 10.1. The summed E-state index contributed by atoms with van der Waals surface area (Å²) in [7, 11) is -3.49. The molecule has 1 aliphatic carbocycles. The first kappa shape index (κ1) is 18.6. The van der Waals surface area contributed by atoms with Gasteiger partial charge in [-0.2, -0.15) is 5.26 Å². The monoisotopic (exact) mass is 379 g/mol. The van der Waals surface area contributed by atoms with Gasteiger partial charge in [0.15, 0.2) is 9.84 Å². The highest BCUT2D eigenvalue weighted by molar-refractivity contribution is 7.94. The highest BCUT2D eigenvalue weighted by Crippen LogP contribution is 2.37. The van der Waals surface area contributed by atoms with E-state index in [0.717, 1.165) is 0 Å². The average Bonchev–Trinajstić information content (AvgIpc) is 3.46. The van der Waals surface area contributed by atoms with Crippen molar-refractivity contribution in [1.29, 1.82) is 5.26 Å². The normalized spacial score (nSPS) is 18.5. The number of benzene rings is 1. The number of nitriles is 1. The predicted octanol–water partition coefficient (Wildman–Crippen LogP) is 1.70. The largest absolute Gasteiger partial charge is 0.366 e. The first-order valence-electron chi connectivity index (χ1n) is 8.66. The van der Waals surface area contributed by atoms with Crippen molar-refractivity contribution in [3.05, 3.63) is 29.6 Å². The molecule has 1 aromatic carbocycles. The summed E-state index contributed by atoms with van der Waals surface area (Å²) in [6, 6.07) is 6.21. The zero-order valence-corrected chi connectivity index (χ0v) is 15.7. The van der Waals surface area contributed by atoms with Crippen LogP contribution >= 0.6 is 0 Å². The van der Waals surface area contributed by atoms with Crippen LogP contribution in [0.5, 0.6) is 0 Å². The summed E-state index contributed by atoms with van der Waals surface area (Å²) in [5.74, 6) is -0.857. The van der Waals surface area contributed by atoms with Gasteiger partial charge in [0, 0.05) is 26.2 Å². The van der Waals surface area contributed by atoms with Gasteiger partial charge in [0.2, 0.25) is 5.91 Å². The Hall–Kier alpha value is -2.14. The quantitative estimate of drug-likeness (QED) is 0.795. The van der Waals surface area contributed by atoms with Gasteiger partial charge in [0.25, 0.3) is 0 Å². The van der Waals surface area contributed by atoms with Crippen LogP contribution in [0.15, 0.2) is 18.2 Å². The van der Waals surface area contributed by atoms with Crippen LogP contribution in [0, 0.1) is 17.1 Å². The third kappa shape index (κ3) is 3.16. The molecule has 0 bridgehead atoms. The molecule has 140 valence electrons. The van der Waals surface area contributed by atoms with E-state index in [1.807, 2.05) is 11.0 Å². The lowest BCUT2D eigenvalue weighted by Gasteiger charge is -2.39. The Morgan fingerprint density at radius 2 is 1.85 bits per heavy atom. The molecule has 26 heavy (non-hydrogen) atoms. The molecular formula is C18H22FN3O3S. The number of carbonyl (C=O) groups is 1.